The van der Waals surface area contributed by atoms with Gasteiger partial charge in [-0.2, -0.15) is 0 Å². The monoisotopic (exact) mass is 377 g/mol. The molecular weight excluding hydrogens is 365 g/mol. The molecule has 3 N–H and O–H groups in total. The molecule has 1 heterocycles. The molecular formula is C18H13Cl2NO4. The third-order valence-electron chi connectivity index (χ3n) is 3.94. The van der Waals surface area contributed by atoms with E-state index in [0.717, 1.165) is 5.56 Å². The van der Waals surface area contributed by atoms with E-state index < -0.39 is 11.9 Å². The number of aliphatic carboxylic acids is 1. The van der Waals surface area contributed by atoms with E-state index in [9.17, 15) is 14.7 Å². The Morgan fingerprint density at radius 3 is 2.32 bits per heavy atom. The number of aromatic carboxylic acids is 1. The second-order valence-electron chi connectivity index (χ2n) is 5.56. The molecule has 7 heteroatoms. The number of halogens is 2. The minimum atomic E-state index is -1.10. The standard InChI is InChI=1S/C18H13Cl2NO4/c19-11-3-1-9(2-4-11)16-12(5-6-15(22)23)13-7-10(18(24)25)8-14(20)17(13)21-16/h1-4,7-8,21H,5-6H2,(H,22,23)(H,24,25). The van der Waals surface area contributed by atoms with Crippen molar-refractivity contribution in [1.82, 2.24) is 4.98 Å². The molecule has 0 aliphatic heterocycles. The van der Waals surface area contributed by atoms with Gasteiger partial charge in [-0.3, -0.25) is 4.79 Å². The molecule has 0 bridgehead atoms. The number of aromatic amines is 1. The number of rotatable bonds is 5. The number of carboxylic acid groups (broad SMARTS) is 2. The van der Waals surface area contributed by atoms with E-state index >= 15 is 0 Å². The highest BCUT2D eigenvalue weighted by Crippen LogP contribution is 2.36. The second kappa shape index (κ2) is 6.78. The van der Waals surface area contributed by atoms with Gasteiger partial charge in [0, 0.05) is 22.5 Å². The van der Waals surface area contributed by atoms with Gasteiger partial charge in [0.2, 0.25) is 0 Å². The molecule has 0 spiro atoms. The van der Waals surface area contributed by atoms with Crippen molar-refractivity contribution in [2.24, 2.45) is 0 Å². The van der Waals surface area contributed by atoms with Gasteiger partial charge in [-0.1, -0.05) is 35.3 Å². The first-order valence-electron chi connectivity index (χ1n) is 7.42. The van der Waals surface area contributed by atoms with Crippen molar-refractivity contribution in [2.75, 3.05) is 0 Å². The van der Waals surface area contributed by atoms with Gasteiger partial charge in [-0.15, -0.1) is 0 Å². The predicted octanol–water partition coefficient (Wildman–Crippen LogP) is 4.86. The molecule has 0 unspecified atom stereocenters. The number of hydrogen-bond acceptors (Lipinski definition) is 2. The smallest absolute Gasteiger partial charge is 0.335 e. The van der Waals surface area contributed by atoms with Crippen LogP contribution < -0.4 is 0 Å². The molecule has 3 aromatic rings. The average Bonchev–Trinajstić information content (AvgIpc) is 2.92. The van der Waals surface area contributed by atoms with Crippen molar-refractivity contribution in [2.45, 2.75) is 12.8 Å². The summed E-state index contributed by atoms with van der Waals surface area (Å²) in [7, 11) is 0. The van der Waals surface area contributed by atoms with Crippen LogP contribution >= 0.6 is 23.2 Å². The summed E-state index contributed by atoms with van der Waals surface area (Å²) in [6, 6.07) is 9.96. The van der Waals surface area contributed by atoms with Gasteiger partial charge in [-0.25, -0.2) is 4.79 Å². The van der Waals surface area contributed by atoms with Crippen LogP contribution in [0.3, 0.4) is 0 Å². The lowest BCUT2D eigenvalue weighted by Gasteiger charge is -2.05. The Hall–Kier alpha value is -2.50. The quantitative estimate of drug-likeness (QED) is 0.592. The summed E-state index contributed by atoms with van der Waals surface area (Å²) in [4.78, 5) is 25.5. The molecule has 0 aliphatic carbocycles. The van der Waals surface area contributed by atoms with Gasteiger partial charge in [-0.05, 0) is 41.8 Å². The van der Waals surface area contributed by atoms with Crippen molar-refractivity contribution in [3.05, 3.63) is 57.6 Å². The number of benzene rings is 2. The number of carboxylic acids is 2. The van der Waals surface area contributed by atoms with Gasteiger partial charge in [0.05, 0.1) is 16.1 Å². The Bertz CT molecular complexity index is 977. The van der Waals surface area contributed by atoms with Crippen molar-refractivity contribution in [3.8, 4) is 11.3 Å². The first kappa shape index (κ1) is 17.3. The largest absolute Gasteiger partial charge is 0.481 e. The normalized spacial score (nSPS) is 11.0. The first-order valence-corrected chi connectivity index (χ1v) is 8.17. The number of aryl methyl sites for hydroxylation is 1. The Labute approximate surface area is 152 Å². The molecule has 3 rings (SSSR count). The topological polar surface area (TPSA) is 90.4 Å². The molecule has 25 heavy (non-hydrogen) atoms. The van der Waals surface area contributed by atoms with Gasteiger partial charge in [0.15, 0.2) is 0 Å². The van der Waals surface area contributed by atoms with E-state index in [2.05, 4.69) is 4.98 Å². The average molecular weight is 378 g/mol. The van der Waals surface area contributed by atoms with Crippen molar-refractivity contribution < 1.29 is 19.8 Å². The fourth-order valence-corrected chi connectivity index (χ4v) is 3.18. The van der Waals surface area contributed by atoms with Gasteiger partial charge in [0.1, 0.15) is 0 Å². The van der Waals surface area contributed by atoms with E-state index in [-0.39, 0.29) is 23.4 Å². The highest BCUT2D eigenvalue weighted by atomic mass is 35.5. The lowest BCUT2D eigenvalue weighted by atomic mass is 10.00. The molecule has 5 nitrogen and oxygen atoms in total. The highest BCUT2D eigenvalue weighted by molar-refractivity contribution is 6.36. The van der Waals surface area contributed by atoms with Crippen LogP contribution in [0.5, 0.6) is 0 Å². The number of carbonyl (C=O) groups is 2. The fourth-order valence-electron chi connectivity index (χ4n) is 2.78. The van der Waals surface area contributed by atoms with Crippen LogP contribution in [0.25, 0.3) is 22.2 Å². The SMILES string of the molecule is O=C(O)CCc1c(-c2ccc(Cl)cc2)[nH]c2c(Cl)cc(C(=O)O)cc12. The molecule has 0 amide bonds. The van der Waals surface area contributed by atoms with Gasteiger partial charge >= 0.3 is 11.9 Å². The molecule has 0 radical (unpaired) electrons. The zero-order valence-electron chi connectivity index (χ0n) is 12.8. The number of fused-ring (bicyclic) bond motifs is 1. The number of aromatic nitrogens is 1. The third-order valence-corrected chi connectivity index (χ3v) is 4.49. The lowest BCUT2D eigenvalue weighted by molar-refractivity contribution is -0.136. The van der Waals surface area contributed by atoms with Gasteiger partial charge in [0.25, 0.3) is 0 Å². The van der Waals surface area contributed by atoms with Crippen LogP contribution in [0.2, 0.25) is 10.0 Å². The molecule has 128 valence electrons. The number of nitrogens with one attached hydrogen (secondary N) is 1. The third kappa shape index (κ3) is 3.48. The van der Waals surface area contributed by atoms with Gasteiger partial charge < -0.3 is 15.2 Å². The maximum atomic E-state index is 11.3. The minimum Gasteiger partial charge on any atom is -0.481 e. The van der Waals surface area contributed by atoms with E-state index in [4.69, 9.17) is 28.3 Å². The van der Waals surface area contributed by atoms with Crippen molar-refractivity contribution in [1.29, 1.82) is 0 Å². The summed E-state index contributed by atoms with van der Waals surface area (Å²) in [5.74, 6) is -2.03. The van der Waals surface area contributed by atoms with E-state index in [1.165, 1.54) is 12.1 Å². The van der Waals surface area contributed by atoms with E-state index in [0.29, 0.717) is 27.2 Å². The molecule has 0 atom stereocenters. The Morgan fingerprint density at radius 1 is 1.04 bits per heavy atom. The highest BCUT2D eigenvalue weighted by Gasteiger charge is 2.18. The summed E-state index contributed by atoms with van der Waals surface area (Å²) >= 11 is 12.2. The Kier molecular flexibility index (Phi) is 4.70. The maximum absolute atomic E-state index is 11.3. The van der Waals surface area contributed by atoms with Crippen LogP contribution in [-0.2, 0) is 11.2 Å². The fraction of sp³-hybridized carbons (Fsp3) is 0.111. The maximum Gasteiger partial charge on any atom is 0.335 e. The van der Waals surface area contributed by atoms with Crippen molar-refractivity contribution >= 4 is 46.0 Å². The minimum absolute atomic E-state index is 0.0516. The zero-order valence-corrected chi connectivity index (χ0v) is 14.4. The number of H-pyrrole nitrogens is 1. The molecule has 0 saturated heterocycles. The van der Waals surface area contributed by atoms with E-state index in [1.807, 2.05) is 12.1 Å². The number of hydrogen-bond donors (Lipinski definition) is 3. The molecule has 0 saturated carbocycles. The lowest BCUT2D eigenvalue weighted by Crippen LogP contribution is -1.99. The van der Waals surface area contributed by atoms with Crippen LogP contribution in [0, 0.1) is 0 Å². The summed E-state index contributed by atoms with van der Waals surface area (Å²) < 4.78 is 0. The predicted molar refractivity (Wildman–Crippen MR) is 96.7 cm³/mol. The second-order valence-corrected chi connectivity index (χ2v) is 6.41. The summed E-state index contributed by atoms with van der Waals surface area (Å²) in [6.45, 7) is 0. The zero-order chi connectivity index (χ0) is 18.1. The van der Waals surface area contributed by atoms with Crippen LogP contribution in [0.15, 0.2) is 36.4 Å². The van der Waals surface area contributed by atoms with Crippen LogP contribution in [-0.4, -0.2) is 27.1 Å². The Morgan fingerprint density at radius 2 is 1.72 bits per heavy atom. The van der Waals surface area contributed by atoms with Crippen molar-refractivity contribution in [3.63, 3.8) is 0 Å². The molecule has 2 aromatic carbocycles. The summed E-state index contributed by atoms with van der Waals surface area (Å²) in [5, 5.41) is 19.7. The summed E-state index contributed by atoms with van der Waals surface area (Å²) in [6.07, 6.45) is 0.162. The van der Waals surface area contributed by atoms with E-state index in [1.54, 1.807) is 12.1 Å². The summed E-state index contributed by atoms with van der Waals surface area (Å²) in [5.41, 5.74) is 2.86. The van der Waals surface area contributed by atoms with Crippen LogP contribution in [0.4, 0.5) is 0 Å². The first-order chi connectivity index (χ1) is 11.9. The van der Waals surface area contributed by atoms with Crippen LogP contribution in [0.1, 0.15) is 22.3 Å². The molecule has 0 fully saturated rings. The molecule has 0 aliphatic rings. The molecule has 1 aromatic heterocycles. The Balaban J connectivity index is 2.25.